The SMILES string of the molecule is COc1ccc(-c2c(C)c(C)c(C)c(C)c2O)c(C)c1. The summed E-state index contributed by atoms with van der Waals surface area (Å²) < 4.78 is 5.25. The van der Waals surface area contributed by atoms with Gasteiger partial charge in [-0.2, -0.15) is 0 Å². The lowest BCUT2D eigenvalue weighted by Crippen LogP contribution is -1.97. The fraction of sp³-hybridized carbons (Fsp3) is 0.333. The molecule has 0 amide bonds. The van der Waals surface area contributed by atoms with Crippen LogP contribution in [-0.4, -0.2) is 12.2 Å². The van der Waals surface area contributed by atoms with Gasteiger partial charge in [-0.15, -0.1) is 0 Å². The maximum absolute atomic E-state index is 10.6. The lowest BCUT2D eigenvalue weighted by atomic mass is 9.88. The highest BCUT2D eigenvalue weighted by Crippen LogP contribution is 2.41. The Hall–Kier alpha value is -1.96. The molecule has 0 saturated heterocycles. The monoisotopic (exact) mass is 270 g/mol. The maximum atomic E-state index is 10.6. The molecular weight excluding hydrogens is 248 g/mol. The van der Waals surface area contributed by atoms with Gasteiger partial charge in [0.05, 0.1) is 7.11 Å². The van der Waals surface area contributed by atoms with Gasteiger partial charge in [0.2, 0.25) is 0 Å². The maximum Gasteiger partial charge on any atom is 0.126 e. The van der Waals surface area contributed by atoms with Gasteiger partial charge in [-0.25, -0.2) is 0 Å². The summed E-state index contributed by atoms with van der Waals surface area (Å²) in [5.41, 5.74) is 7.60. The highest BCUT2D eigenvalue weighted by Gasteiger charge is 2.17. The van der Waals surface area contributed by atoms with Crippen molar-refractivity contribution in [3.05, 3.63) is 46.0 Å². The quantitative estimate of drug-likeness (QED) is 0.863. The molecule has 0 aliphatic rings. The summed E-state index contributed by atoms with van der Waals surface area (Å²) in [4.78, 5) is 0. The van der Waals surface area contributed by atoms with Crippen molar-refractivity contribution in [2.45, 2.75) is 34.6 Å². The van der Waals surface area contributed by atoms with Crippen LogP contribution in [0.5, 0.6) is 11.5 Å². The van der Waals surface area contributed by atoms with Gasteiger partial charge in [-0.1, -0.05) is 6.07 Å². The molecule has 106 valence electrons. The Kier molecular flexibility index (Phi) is 3.76. The van der Waals surface area contributed by atoms with Gasteiger partial charge in [0.1, 0.15) is 11.5 Å². The Morgan fingerprint density at radius 3 is 2.00 bits per heavy atom. The average molecular weight is 270 g/mol. The summed E-state index contributed by atoms with van der Waals surface area (Å²) >= 11 is 0. The van der Waals surface area contributed by atoms with Crippen LogP contribution in [-0.2, 0) is 0 Å². The molecular formula is C18H22O2. The van der Waals surface area contributed by atoms with Crippen LogP contribution in [0.4, 0.5) is 0 Å². The van der Waals surface area contributed by atoms with Crippen molar-refractivity contribution in [3.63, 3.8) is 0 Å². The molecule has 0 atom stereocenters. The molecule has 0 aliphatic carbocycles. The number of benzene rings is 2. The van der Waals surface area contributed by atoms with Crippen LogP contribution in [0.2, 0.25) is 0 Å². The first-order valence-electron chi connectivity index (χ1n) is 6.82. The van der Waals surface area contributed by atoms with E-state index in [2.05, 4.69) is 20.8 Å². The van der Waals surface area contributed by atoms with Crippen molar-refractivity contribution in [2.24, 2.45) is 0 Å². The molecule has 2 rings (SSSR count). The molecule has 0 spiro atoms. The first-order valence-corrected chi connectivity index (χ1v) is 6.82. The van der Waals surface area contributed by atoms with Crippen molar-refractivity contribution < 1.29 is 9.84 Å². The molecule has 20 heavy (non-hydrogen) atoms. The van der Waals surface area contributed by atoms with Crippen LogP contribution in [0.25, 0.3) is 11.1 Å². The minimum atomic E-state index is 0.388. The second-order valence-electron chi connectivity index (χ2n) is 5.40. The summed E-state index contributed by atoms with van der Waals surface area (Å²) in [5, 5.41) is 10.6. The minimum Gasteiger partial charge on any atom is -0.507 e. The summed E-state index contributed by atoms with van der Waals surface area (Å²) in [6, 6.07) is 5.95. The van der Waals surface area contributed by atoms with Crippen molar-refractivity contribution in [2.75, 3.05) is 7.11 Å². The third-order valence-corrected chi connectivity index (χ3v) is 4.36. The average Bonchev–Trinajstić information content (AvgIpc) is 2.44. The first kappa shape index (κ1) is 14.4. The van der Waals surface area contributed by atoms with Crippen LogP contribution < -0.4 is 4.74 Å². The topological polar surface area (TPSA) is 29.5 Å². The number of methoxy groups -OCH3 is 1. The summed E-state index contributed by atoms with van der Waals surface area (Å²) in [5.74, 6) is 1.22. The van der Waals surface area contributed by atoms with Gasteiger partial charge in [0.25, 0.3) is 0 Å². The Labute approximate surface area is 121 Å². The van der Waals surface area contributed by atoms with Crippen molar-refractivity contribution in [1.29, 1.82) is 0 Å². The van der Waals surface area contributed by atoms with Crippen LogP contribution >= 0.6 is 0 Å². The molecule has 2 nitrogen and oxygen atoms in total. The van der Waals surface area contributed by atoms with Gasteiger partial charge in [-0.3, -0.25) is 0 Å². The zero-order chi connectivity index (χ0) is 15.0. The molecule has 0 unspecified atom stereocenters. The van der Waals surface area contributed by atoms with Crippen LogP contribution in [0.15, 0.2) is 18.2 Å². The predicted molar refractivity (Wildman–Crippen MR) is 83.8 cm³/mol. The Balaban J connectivity index is 2.76. The molecule has 0 bridgehead atoms. The van der Waals surface area contributed by atoms with Crippen molar-refractivity contribution in [3.8, 4) is 22.6 Å². The number of hydrogen-bond acceptors (Lipinski definition) is 2. The van der Waals surface area contributed by atoms with Gasteiger partial charge in [0.15, 0.2) is 0 Å². The van der Waals surface area contributed by atoms with E-state index < -0.39 is 0 Å². The fourth-order valence-electron chi connectivity index (χ4n) is 2.67. The largest absolute Gasteiger partial charge is 0.507 e. The minimum absolute atomic E-state index is 0.388. The molecule has 1 N–H and O–H groups in total. The lowest BCUT2D eigenvalue weighted by molar-refractivity contribution is 0.414. The van der Waals surface area contributed by atoms with Gasteiger partial charge in [-0.05, 0) is 80.1 Å². The van der Waals surface area contributed by atoms with Crippen LogP contribution in [0.1, 0.15) is 27.8 Å². The zero-order valence-corrected chi connectivity index (χ0v) is 13.1. The Morgan fingerprint density at radius 1 is 0.850 bits per heavy atom. The van der Waals surface area contributed by atoms with Gasteiger partial charge >= 0.3 is 0 Å². The molecule has 0 aromatic heterocycles. The Bertz CT molecular complexity index is 641. The number of rotatable bonds is 2. The molecule has 0 aliphatic heterocycles. The molecule has 0 heterocycles. The number of aryl methyl sites for hydroxylation is 1. The van der Waals surface area contributed by atoms with E-state index in [1.54, 1.807) is 7.11 Å². The Morgan fingerprint density at radius 2 is 1.45 bits per heavy atom. The van der Waals surface area contributed by atoms with Crippen molar-refractivity contribution >= 4 is 0 Å². The lowest BCUT2D eigenvalue weighted by Gasteiger charge is -2.19. The molecule has 2 aromatic rings. The van der Waals surface area contributed by atoms with Crippen molar-refractivity contribution in [1.82, 2.24) is 0 Å². The molecule has 0 fully saturated rings. The zero-order valence-electron chi connectivity index (χ0n) is 13.1. The van der Waals surface area contributed by atoms with E-state index in [0.29, 0.717) is 5.75 Å². The number of aromatic hydroxyl groups is 1. The van der Waals surface area contributed by atoms with E-state index in [4.69, 9.17) is 4.74 Å². The van der Waals surface area contributed by atoms with Gasteiger partial charge in [0, 0.05) is 5.56 Å². The third kappa shape index (κ3) is 2.15. The van der Waals surface area contributed by atoms with Crippen LogP contribution in [0.3, 0.4) is 0 Å². The smallest absolute Gasteiger partial charge is 0.126 e. The first-order chi connectivity index (χ1) is 9.38. The summed E-state index contributed by atoms with van der Waals surface area (Å²) in [6.45, 7) is 10.3. The number of phenolic OH excluding ortho intramolecular Hbond substituents is 1. The molecule has 0 saturated carbocycles. The highest BCUT2D eigenvalue weighted by molar-refractivity contribution is 5.80. The number of ether oxygens (including phenoxy) is 1. The third-order valence-electron chi connectivity index (χ3n) is 4.36. The fourth-order valence-corrected chi connectivity index (χ4v) is 2.67. The molecule has 2 heteroatoms. The van der Waals surface area contributed by atoms with E-state index in [0.717, 1.165) is 39.1 Å². The number of phenols is 1. The van der Waals surface area contributed by atoms with E-state index >= 15 is 0 Å². The summed E-state index contributed by atoms with van der Waals surface area (Å²) in [7, 11) is 1.66. The second kappa shape index (κ2) is 5.20. The summed E-state index contributed by atoms with van der Waals surface area (Å²) in [6.07, 6.45) is 0. The van der Waals surface area contributed by atoms with E-state index in [-0.39, 0.29) is 0 Å². The van der Waals surface area contributed by atoms with E-state index in [1.165, 1.54) is 5.56 Å². The normalized spacial score (nSPS) is 10.7. The molecule has 0 radical (unpaired) electrons. The van der Waals surface area contributed by atoms with Crippen LogP contribution in [0, 0.1) is 34.6 Å². The van der Waals surface area contributed by atoms with Gasteiger partial charge < -0.3 is 9.84 Å². The highest BCUT2D eigenvalue weighted by atomic mass is 16.5. The van der Waals surface area contributed by atoms with E-state index in [1.807, 2.05) is 32.0 Å². The predicted octanol–water partition coefficient (Wildman–Crippen LogP) is 4.61. The standard InChI is InChI=1S/C18H22O2/c1-10-9-15(20-6)7-8-16(10)17-13(4)11(2)12(3)14(5)18(17)19/h7-9,19H,1-6H3. The molecule has 2 aromatic carbocycles. The number of hydrogen-bond donors (Lipinski definition) is 1. The van der Waals surface area contributed by atoms with E-state index in [9.17, 15) is 5.11 Å². The second-order valence-corrected chi connectivity index (χ2v) is 5.40.